The minimum absolute atomic E-state index is 0.0664. The quantitative estimate of drug-likeness (QED) is 0.305. The molecule has 0 aliphatic carbocycles. The Kier molecular flexibility index (Phi) is 5.34. The highest BCUT2D eigenvalue weighted by Gasteiger charge is 2.48. The van der Waals surface area contributed by atoms with Crippen LogP contribution in [0.2, 0.25) is 0 Å². The predicted octanol–water partition coefficient (Wildman–Crippen LogP) is 5.46. The number of amides is 1. The van der Waals surface area contributed by atoms with Crippen LogP contribution >= 0.6 is 27.3 Å². The van der Waals surface area contributed by atoms with E-state index in [9.17, 15) is 14.7 Å². The number of Topliss-reactive ketones (excluding diaryl/α,β-unsaturated/α-hetero) is 1. The van der Waals surface area contributed by atoms with Gasteiger partial charge in [0.2, 0.25) is 0 Å². The Bertz CT molecular complexity index is 1160. The molecule has 3 aromatic rings. The molecule has 1 aromatic heterocycles. The van der Waals surface area contributed by atoms with Crippen LogP contribution in [0.25, 0.3) is 5.76 Å². The summed E-state index contributed by atoms with van der Waals surface area (Å²) in [7, 11) is 0. The van der Waals surface area contributed by atoms with Gasteiger partial charge >= 0.3 is 5.91 Å². The molecule has 2 aromatic carbocycles. The number of halogens is 1. The molecule has 152 valence electrons. The number of hydrogen-bond donors (Lipinski definition) is 1. The number of aromatic nitrogens is 1. The van der Waals surface area contributed by atoms with E-state index >= 15 is 0 Å². The Morgan fingerprint density at radius 3 is 2.23 bits per heavy atom. The number of aliphatic hydroxyl groups is 1. The summed E-state index contributed by atoms with van der Waals surface area (Å²) in [4.78, 5) is 33.0. The normalized spacial score (nSPS) is 18.3. The van der Waals surface area contributed by atoms with E-state index in [0.717, 1.165) is 26.2 Å². The molecule has 7 heteroatoms. The molecular weight excluding hydrogens is 464 g/mol. The summed E-state index contributed by atoms with van der Waals surface area (Å²) < 4.78 is 0.877. The second-order valence-corrected chi connectivity index (χ2v) is 9.32. The first-order valence-electron chi connectivity index (χ1n) is 9.35. The highest BCUT2D eigenvalue weighted by molar-refractivity contribution is 9.10. The lowest BCUT2D eigenvalue weighted by Crippen LogP contribution is -2.29. The van der Waals surface area contributed by atoms with Crippen LogP contribution in [0.5, 0.6) is 0 Å². The van der Waals surface area contributed by atoms with Crippen molar-refractivity contribution in [3.63, 3.8) is 0 Å². The molecule has 1 unspecified atom stereocenters. The topological polar surface area (TPSA) is 70.5 Å². The summed E-state index contributed by atoms with van der Waals surface area (Å²) in [6.45, 7) is 5.73. The van der Waals surface area contributed by atoms with E-state index in [1.807, 2.05) is 57.2 Å². The fourth-order valence-corrected chi connectivity index (χ4v) is 4.62. The Morgan fingerprint density at radius 1 is 1.03 bits per heavy atom. The molecule has 1 aliphatic heterocycles. The van der Waals surface area contributed by atoms with Gasteiger partial charge in [0, 0.05) is 14.9 Å². The number of hydrogen-bond acceptors (Lipinski definition) is 5. The second-order valence-electron chi connectivity index (χ2n) is 7.22. The molecule has 1 amide bonds. The molecule has 1 atom stereocenters. The zero-order valence-corrected chi connectivity index (χ0v) is 19.0. The number of nitrogens with zero attached hydrogens (tertiary/aromatic N) is 2. The van der Waals surface area contributed by atoms with Crippen molar-refractivity contribution in [2.45, 2.75) is 26.8 Å². The second kappa shape index (κ2) is 7.81. The Morgan fingerprint density at radius 2 is 1.67 bits per heavy atom. The fraction of sp³-hybridized carbons (Fsp3) is 0.174. The van der Waals surface area contributed by atoms with Crippen molar-refractivity contribution in [3.05, 3.63) is 85.8 Å². The molecule has 0 spiro atoms. The molecule has 1 fully saturated rings. The molecule has 4 rings (SSSR count). The van der Waals surface area contributed by atoms with Crippen molar-refractivity contribution in [1.29, 1.82) is 0 Å². The van der Waals surface area contributed by atoms with Crippen molar-refractivity contribution < 1.29 is 14.7 Å². The van der Waals surface area contributed by atoms with Gasteiger partial charge in [-0.3, -0.25) is 14.5 Å². The zero-order chi connectivity index (χ0) is 21.6. The zero-order valence-electron chi connectivity index (χ0n) is 16.6. The van der Waals surface area contributed by atoms with Gasteiger partial charge in [-0.05, 0) is 38.5 Å². The van der Waals surface area contributed by atoms with E-state index < -0.39 is 17.7 Å². The van der Waals surface area contributed by atoms with Gasteiger partial charge < -0.3 is 5.11 Å². The third-order valence-electron chi connectivity index (χ3n) is 5.18. The number of carbonyl (C=O) groups excluding carboxylic acids is 2. The molecule has 0 radical (unpaired) electrons. The Labute approximate surface area is 186 Å². The number of anilines is 1. The SMILES string of the molecule is Cc1ccc(/C(O)=C2\C(=O)C(=O)N(c3nc(C)c(C)s3)C2c2ccc(Br)cc2)cc1. The summed E-state index contributed by atoms with van der Waals surface area (Å²) in [5, 5.41) is 11.5. The predicted molar refractivity (Wildman–Crippen MR) is 122 cm³/mol. The van der Waals surface area contributed by atoms with E-state index in [0.29, 0.717) is 10.7 Å². The van der Waals surface area contributed by atoms with Crippen LogP contribution in [0.1, 0.15) is 33.3 Å². The van der Waals surface area contributed by atoms with Crippen molar-refractivity contribution >= 4 is 49.8 Å². The highest BCUT2D eigenvalue weighted by atomic mass is 79.9. The third kappa shape index (κ3) is 3.48. The first kappa shape index (κ1) is 20.5. The summed E-state index contributed by atoms with van der Waals surface area (Å²) in [6.07, 6.45) is 0. The van der Waals surface area contributed by atoms with E-state index in [1.54, 1.807) is 12.1 Å². The van der Waals surface area contributed by atoms with Crippen LogP contribution in [-0.2, 0) is 9.59 Å². The molecule has 1 saturated heterocycles. The molecule has 0 bridgehead atoms. The number of ketones is 1. The van der Waals surface area contributed by atoms with Crippen LogP contribution in [-0.4, -0.2) is 21.8 Å². The maximum atomic E-state index is 13.1. The van der Waals surface area contributed by atoms with E-state index in [4.69, 9.17) is 0 Å². The smallest absolute Gasteiger partial charge is 0.301 e. The maximum absolute atomic E-state index is 13.1. The van der Waals surface area contributed by atoms with E-state index in [-0.39, 0.29) is 11.3 Å². The molecule has 5 nitrogen and oxygen atoms in total. The number of benzene rings is 2. The van der Waals surface area contributed by atoms with Gasteiger partial charge in [-0.25, -0.2) is 4.98 Å². The number of carbonyl (C=O) groups is 2. The number of thiazole rings is 1. The minimum atomic E-state index is -0.760. The van der Waals surface area contributed by atoms with Crippen molar-refractivity contribution in [2.24, 2.45) is 0 Å². The number of aliphatic hydroxyl groups excluding tert-OH is 1. The fourth-order valence-electron chi connectivity index (χ4n) is 3.42. The summed E-state index contributed by atoms with van der Waals surface area (Å²) in [6, 6.07) is 13.8. The molecule has 1 aliphatic rings. The largest absolute Gasteiger partial charge is 0.507 e. The van der Waals surface area contributed by atoms with E-state index in [1.165, 1.54) is 16.2 Å². The summed E-state index contributed by atoms with van der Waals surface area (Å²) >= 11 is 4.78. The average molecular weight is 483 g/mol. The van der Waals surface area contributed by atoms with Gasteiger partial charge in [-0.1, -0.05) is 57.9 Å². The van der Waals surface area contributed by atoms with Gasteiger partial charge in [0.1, 0.15) is 5.76 Å². The minimum Gasteiger partial charge on any atom is -0.507 e. The molecular formula is C23H19BrN2O3S. The van der Waals surface area contributed by atoms with Crippen LogP contribution in [0.3, 0.4) is 0 Å². The first-order chi connectivity index (χ1) is 14.3. The number of aryl methyl sites for hydroxylation is 3. The highest BCUT2D eigenvalue weighted by Crippen LogP contribution is 2.43. The van der Waals surface area contributed by atoms with Crippen LogP contribution in [0.4, 0.5) is 5.13 Å². The Balaban J connectivity index is 1.94. The molecule has 2 heterocycles. The average Bonchev–Trinajstić information content (AvgIpc) is 3.18. The Hall–Kier alpha value is -2.77. The van der Waals surface area contributed by atoms with Gasteiger partial charge in [-0.15, -0.1) is 11.3 Å². The van der Waals surface area contributed by atoms with E-state index in [2.05, 4.69) is 20.9 Å². The van der Waals surface area contributed by atoms with Gasteiger partial charge in [0.25, 0.3) is 5.78 Å². The lowest BCUT2D eigenvalue weighted by atomic mass is 9.95. The molecule has 0 saturated carbocycles. The van der Waals surface area contributed by atoms with Crippen molar-refractivity contribution in [2.75, 3.05) is 4.90 Å². The monoisotopic (exact) mass is 482 g/mol. The first-order valence-corrected chi connectivity index (χ1v) is 11.0. The van der Waals surface area contributed by atoms with Gasteiger partial charge in [0.15, 0.2) is 5.13 Å². The van der Waals surface area contributed by atoms with Gasteiger partial charge in [-0.2, -0.15) is 0 Å². The maximum Gasteiger partial charge on any atom is 0.301 e. The lowest BCUT2D eigenvalue weighted by Gasteiger charge is -2.23. The summed E-state index contributed by atoms with van der Waals surface area (Å²) in [5.74, 6) is -1.59. The molecule has 30 heavy (non-hydrogen) atoms. The van der Waals surface area contributed by atoms with Crippen molar-refractivity contribution in [1.82, 2.24) is 4.98 Å². The van der Waals surface area contributed by atoms with Crippen molar-refractivity contribution in [3.8, 4) is 0 Å². The third-order valence-corrected chi connectivity index (χ3v) is 6.78. The van der Waals surface area contributed by atoms with Crippen LogP contribution in [0, 0.1) is 20.8 Å². The number of rotatable bonds is 3. The summed E-state index contributed by atoms with van der Waals surface area (Å²) in [5.41, 5.74) is 3.12. The standard InChI is InChI=1S/C23H19BrN2O3S/c1-12-4-6-16(7-5-12)20(27)18-19(15-8-10-17(24)11-9-15)26(22(29)21(18)28)23-25-13(2)14(3)30-23/h4-11,19,27H,1-3H3/b20-18+. The van der Waals surface area contributed by atoms with Crippen LogP contribution in [0.15, 0.2) is 58.6 Å². The van der Waals surface area contributed by atoms with Gasteiger partial charge in [0.05, 0.1) is 17.3 Å². The lowest BCUT2D eigenvalue weighted by molar-refractivity contribution is -0.132. The van der Waals surface area contributed by atoms with Crippen LogP contribution < -0.4 is 4.90 Å². The molecule has 1 N–H and O–H groups in total.